The van der Waals surface area contributed by atoms with Gasteiger partial charge < -0.3 is 10.2 Å². The second kappa shape index (κ2) is 6.71. The Hall–Kier alpha value is -1.35. The van der Waals surface area contributed by atoms with E-state index in [1.54, 1.807) is 0 Å². The Bertz CT molecular complexity index is 407. The van der Waals surface area contributed by atoms with Crippen molar-refractivity contribution in [3.63, 3.8) is 0 Å². The topological polar surface area (TPSA) is 32.3 Å². The third-order valence-electron chi connectivity index (χ3n) is 3.88. The molecule has 3 nitrogen and oxygen atoms in total. The zero-order valence-corrected chi connectivity index (χ0v) is 12.0. The van der Waals surface area contributed by atoms with E-state index in [0.29, 0.717) is 12.3 Å². The minimum Gasteiger partial charge on any atom is -0.317 e. The van der Waals surface area contributed by atoms with E-state index in [-0.39, 0.29) is 5.91 Å². The molecule has 1 N–H and O–H groups in total. The lowest BCUT2D eigenvalue weighted by atomic mass is 9.94. The first-order chi connectivity index (χ1) is 9.20. The smallest absolute Gasteiger partial charge is 0.227 e. The fraction of sp³-hybridized carbons (Fsp3) is 0.562. The van der Waals surface area contributed by atoms with Gasteiger partial charge in [0, 0.05) is 18.7 Å². The molecular formula is C16H24N2O. The number of hydrogen-bond acceptors (Lipinski definition) is 2. The van der Waals surface area contributed by atoms with Crippen LogP contribution in [-0.4, -0.2) is 25.5 Å². The quantitative estimate of drug-likeness (QED) is 0.903. The minimum atomic E-state index is 0.262. The fourth-order valence-corrected chi connectivity index (χ4v) is 2.67. The van der Waals surface area contributed by atoms with Crippen LogP contribution in [0.3, 0.4) is 0 Å². The predicted molar refractivity (Wildman–Crippen MR) is 79.4 cm³/mol. The maximum absolute atomic E-state index is 12.4. The Morgan fingerprint density at radius 3 is 2.47 bits per heavy atom. The number of carbonyl (C=O) groups is 1. The number of nitrogens with one attached hydrogen (secondary N) is 1. The summed E-state index contributed by atoms with van der Waals surface area (Å²) in [5.41, 5.74) is 2.25. The average Bonchev–Trinajstić information content (AvgIpc) is 2.43. The van der Waals surface area contributed by atoms with Crippen molar-refractivity contribution in [3.8, 4) is 0 Å². The summed E-state index contributed by atoms with van der Waals surface area (Å²) in [6, 6.07) is 8.21. The van der Waals surface area contributed by atoms with Gasteiger partial charge in [0.1, 0.15) is 0 Å². The Balaban J connectivity index is 2.00. The second-order valence-electron chi connectivity index (χ2n) is 5.37. The maximum Gasteiger partial charge on any atom is 0.227 e. The molecule has 1 aromatic carbocycles. The number of benzene rings is 1. The standard InChI is InChI=1S/C16H24N2O/c1-3-18(15-6-4-13(2)5-7-15)16(19)12-14-8-10-17-11-9-14/h4-7,14,17H,3,8-12H2,1-2H3. The van der Waals surface area contributed by atoms with E-state index in [1.165, 1.54) is 5.56 Å². The highest BCUT2D eigenvalue weighted by atomic mass is 16.2. The Kier molecular flexibility index (Phi) is 4.97. The molecule has 19 heavy (non-hydrogen) atoms. The van der Waals surface area contributed by atoms with Crippen molar-refractivity contribution in [2.24, 2.45) is 5.92 Å². The van der Waals surface area contributed by atoms with Gasteiger partial charge in [-0.1, -0.05) is 17.7 Å². The minimum absolute atomic E-state index is 0.262. The molecule has 0 bridgehead atoms. The second-order valence-corrected chi connectivity index (χ2v) is 5.37. The molecule has 0 saturated carbocycles. The first kappa shape index (κ1) is 14.1. The van der Waals surface area contributed by atoms with E-state index in [0.717, 1.165) is 38.2 Å². The van der Waals surface area contributed by atoms with Gasteiger partial charge in [0.25, 0.3) is 0 Å². The number of carbonyl (C=O) groups excluding carboxylic acids is 1. The van der Waals surface area contributed by atoms with Crippen molar-refractivity contribution in [1.82, 2.24) is 5.32 Å². The number of amides is 1. The molecule has 1 aliphatic heterocycles. The maximum atomic E-state index is 12.4. The van der Waals surface area contributed by atoms with Crippen LogP contribution in [-0.2, 0) is 4.79 Å². The van der Waals surface area contributed by atoms with Gasteiger partial charge in [0.05, 0.1) is 0 Å². The Labute approximate surface area is 116 Å². The van der Waals surface area contributed by atoms with Crippen LogP contribution >= 0.6 is 0 Å². The van der Waals surface area contributed by atoms with Gasteiger partial charge in [-0.2, -0.15) is 0 Å². The van der Waals surface area contributed by atoms with Gasteiger partial charge in [-0.15, -0.1) is 0 Å². The van der Waals surface area contributed by atoms with Crippen LogP contribution in [0.1, 0.15) is 31.7 Å². The van der Waals surface area contributed by atoms with Crippen LogP contribution in [0.2, 0.25) is 0 Å². The lowest BCUT2D eigenvalue weighted by Crippen LogP contribution is -2.35. The molecule has 0 aromatic heterocycles. The third-order valence-corrected chi connectivity index (χ3v) is 3.88. The summed E-state index contributed by atoms with van der Waals surface area (Å²) in [6.45, 7) is 6.95. The molecule has 1 saturated heterocycles. The van der Waals surface area contributed by atoms with Crippen molar-refractivity contribution in [1.29, 1.82) is 0 Å². The normalized spacial score (nSPS) is 16.3. The van der Waals surface area contributed by atoms with Crippen molar-refractivity contribution < 1.29 is 4.79 Å². The molecule has 104 valence electrons. The lowest BCUT2D eigenvalue weighted by molar-refractivity contribution is -0.119. The third kappa shape index (κ3) is 3.80. The molecule has 0 spiro atoms. The van der Waals surface area contributed by atoms with E-state index in [9.17, 15) is 4.79 Å². The summed E-state index contributed by atoms with van der Waals surface area (Å²) in [7, 11) is 0. The van der Waals surface area contributed by atoms with Crippen molar-refractivity contribution in [2.75, 3.05) is 24.5 Å². The van der Waals surface area contributed by atoms with Gasteiger partial charge in [-0.05, 0) is 57.8 Å². The van der Waals surface area contributed by atoms with Crippen LogP contribution in [0.4, 0.5) is 5.69 Å². The summed E-state index contributed by atoms with van der Waals surface area (Å²) in [5.74, 6) is 0.812. The van der Waals surface area contributed by atoms with Gasteiger partial charge in [-0.25, -0.2) is 0 Å². The number of rotatable bonds is 4. The summed E-state index contributed by atoms with van der Waals surface area (Å²) in [5, 5.41) is 3.34. The van der Waals surface area contributed by atoms with Gasteiger partial charge >= 0.3 is 0 Å². The zero-order chi connectivity index (χ0) is 13.7. The average molecular weight is 260 g/mol. The van der Waals surface area contributed by atoms with E-state index >= 15 is 0 Å². The Morgan fingerprint density at radius 2 is 1.89 bits per heavy atom. The monoisotopic (exact) mass is 260 g/mol. The largest absolute Gasteiger partial charge is 0.317 e. The molecule has 0 radical (unpaired) electrons. The van der Waals surface area contributed by atoms with Gasteiger partial charge in [0.15, 0.2) is 0 Å². The number of nitrogens with zero attached hydrogens (tertiary/aromatic N) is 1. The molecule has 3 heteroatoms. The Morgan fingerprint density at radius 1 is 1.26 bits per heavy atom. The van der Waals surface area contributed by atoms with Crippen LogP contribution in [0, 0.1) is 12.8 Å². The summed E-state index contributed by atoms with van der Waals surface area (Å²) >= 11 is 0. The van der Waals surface area contributed by atoms with Crippen LogP contribution in [0.25, 0.3) is 0 Å². The fourth-order valence-electron chi connectivity index (χ4n) is 2.67. The van der Waals surface area contributed by atoms with Gasteiger partial charge in [-0.3, -0.25) is 4.79 Å². The molecular weight excluding hydrogens is 236 g/mol. The first-order valence-corrected chi connectivity index (χ1v) is 7.28. The van der Waals surface area contributed by atoms with E-state index in [2.05, 4.69) is 24.4 Å². The highest BCUT2D eigenvalue weighted by molar-refractivity contribution is 5.93. The van der Waals surface area contributed by atoms with Crippen molar-refractivity contribution in [2.45, 2.75) is 33.1 Å². The van der Waals surface area contributed by atoms with E-state index in [1.807, 2.05) is 24.0 Å². The number of piperidine rings is 1. The summed E-state index contributed by atoms with van der Waals surface area (Å²) in [6.07, 6.45) is 2.93. The SMILES string of the molecule is CCN(C(=O)CC1CCNCC1)c1ccc(C)cc1. The molecule has 0 atom stereocenters. The van der Waals surface area contributed by atoms with Crippen molar-refractivity contribution >= 4 is 11.6 Å². The first-order valence-electron chi connectivity index (χ1n) is 7.28. The molecule has 0 aliphatic carbocycles. The van der Waals surface area contributed by atoms with Crippen LogP contribution in [0.5, 0.6) is 0 Å². The molecule has 1 amide bonds. The molecule has 1 aliphatic rings. The molecule has 1 fully saturated rings. The van der Waals surface area contributed by atoms with E-state index < -0.39 is 0 Å². The predicted octanol–water partition coefficient (Wildman–Crippen LogP) is 2.74. The molecule has 1 aromatic rings. The van der Waals surface area contributed by atoms with Gasteiger partial charge in [0.2, 0.25) is 5.91 Å². The highest BCUT2D eigenvalue weighted by Gasteiger charge is 2.20. The lowest BCUT2D eigenvalue weighted by Gasteiger charge is -2.26. The van der Waals surface area contributed by atoms with Crippen LogP contribution < -0.4 is 10.2 Å². The molecule has 0 unspecified atom stereocenters. The highest BCUT2D eigenvalue weighted by Crippen LogP contribution is 2.21. The number of aryl methyl sites for hydroxylation is 1. The summed E-state index contributed by atoms with van der Waals surface area (Å²) < 4.78 is 0. The summed E-state index contributed by atoms with van der Waals surface area (Å²) in [4.78, 5) is 14.3. The molecule has 2 rings (SSSR count). The number of anilines is 1. The van der Waals surface area contributed by atoms with E-state index in [4.69, 9.17) is 0 Å². The number of hydrogen-bond donors (Lipinski definition) is 1. The zero-order valence-electron chi connectivity index (χ0n) is 12.0. The molecule has 1 heterocycles. The van der Waals surface area contributed by atoms with Crippen molar-refractivity contribution in [3.05, 3.63) is 29.8 Å². The van der Waals surface area contributed by atoms with Crippen LogP contribution in [0.15, 0.2) is 24.3 Å².